The van der Waals surface area contributed by atoms with Gasteiger partial charge in [0, 0.05) is 12.8 Å². The monoisotopic (exact) mass is 178 g/mol. The van der Waals surface area contributed by atoms with Gasteiger partial charge in [0.15, 0.2) is 0 Å². The minimum absolute atomic E-state index is 0.378. The molecular formula is C12H18O. The first kappa shape index (κ1) is 10.2. The lowest BCUT2D eigenvalue weighted by Crippen LogP contribution is -1.94. The van der Waals surface area contributed by atoms with Crippen LogP contribution >= 0.6 is 0 Å². The predicted octanol–water partition coefficient (Wildman–Crippen LogP) is 3.41. The van der Waals surface area contributed by atoms with Gasteiger partial charge in [0.1, 0.15) is 5.78 Å². The fraction of sp³-hybridized carbons (Fsp3) is 0.583. The van der Waals surface area contributed by atoms with Gasteiger partial charge in [0.25, 0.3) is 0 Å². The molecule has 1 aliphatic rings. The van der Waals surface area contributed by atoms with Crippen molar-refractivity contribution < 1.29 is 4.79 Å². The van der Waals surface area contributed by atoms with Gasteiger partial charge in [-0.3, -0.25) is 4.79 Å². The summed E-state index contributed by atoms with van der Waals surface area (Å²) in [6.07, 6.45) is 10.9. The van der Waals surface area contributed by atoms with Crippen molar-refractivity contribution in [1.29, 1.82) is 0 Å². The van der Waals surface area contributed by atoms with Gasteiger partial charge < -0.3 is 0 Å². The smallest absolute Gasteiger partial charge is 0.136 e. The molecular weight excluding hydrogens is 160 g/mol. The Kier molecular flexibility index (Phi) is 4.52. The highest BCUT2D eigenvalue weighted by atomic mass is 16.1. The van der Waals surface area contributed by atoms with Crippen LogP contribution in [0.25, 0.3) is 0 Å². The minimum Gasteiger partial charge on any atom is -0.299 e. The largest absolute Gasteiger partial charge is 0.299 e. The fourth-order valence-corrected chi connectivity index (χ4v) is 1.54. The van der Waals surface area contributed by atoms with Crippen LogP contribution in [0.15, 0.2) is 24.3 Å². The van der Waals surface area contributed by atoms with Crippen molar-refractivity contribution in [2.45, 2.75) is 44.9 Å². The molecule has 0 radical (unpaired) electrons. The Morgan fingerprint density at radius 1 is 1.08 bits per heavy atom. The van der Waals surface area contributed by atoms with Crippen LogP contribution in [0.4, 0.5) is 0 Å². The van der Waals surface area contributed by atoms with Gasteiger partial charge in [-0.1, -0.05) is 24.3 Å². The van der Waals surface area contributed by atoms with Crippen LogP contribution in [0.3, 0.4) is 0 Å². The van der Waals surface area contributed by atoms with Gasteiger partial charge in [-0.2, -0.15) is 0 Å². The van der Waals surface area contributed by atoms with Gasteiger partial charge in [-0.15, -0.1) is 0 Å². The highest BCUT2D eigenvalue weighted by molar-refractivity contribution is 5.79. The molecule has 0 saturated carbocycles. The van der Waals surface area contributed by atoms with E-state index in [1.54, 1.807) is 0 Å². The van der Waals surface area contributed by atoms with Crippen molar-refractivity contribution in [3.8, 4) is 0 Å². The zero-order chi connectivity index (χ0) is 9.52. The number of Topliss-reactive ketones (excluding diaryl/α,β-unsaturated/α-hetero) is 1. The zero-order valence-electron chi connectivity index (χ0n) is 8.22. The maximum absolute atomic E-state index is 11.2. The van der Waals surface area contributed by atoms with E-state index in [0.29, 0.717) is 12.2 Å². The Labute approximate surface area is 80.5 Å². The number of carbonyl (C=O) groups is 1. The summed E-state index contributed by atoms with van der Waals surface area (Å²) in [7, 11) is 0. The number of hydrogen-bond acceptors (Lipinski definition) is 1. The van der Waals surface area contributed by atoms with Crippen LogP contribution in [0.2, 0.25) is 0 Å². The van der Waals surface area contributed by atoms with Crippen molar-refractivity contribution in [3.63, 3.8) is 0 Å². The molecule has 0 aromatic heterocycles. The standard InChI is InChI=1S/C12H18O/c1-11-7-3-2-4-9-12(13)10-6-5-8-11/h2,4H,1,3,5-10H2/b4-2-. The summed E-state index contributed by atoms with van der Waals surface area (Å²) in [6.45, 7) is 4.02. The average Bonchev–Trinajstić information content (AvgIpc) is 2.14. The molecule has 0 saturated heterocycles. The Morgan fingerprint density at radius 2 is 1.85 bits per heavy atom. The van der Waals surface area contributed by atoms with Gasteiger partial charge in [0.05, 0.1) is 0 Å². The molecule has 0 spiro atoms. The molecule has 0 heterocycles. The van der Waals surface area contributed by atoms with Crippen LogP contribution in [0, 0.1) is 0 Å². The molecule has 0 N–H and O–H groups in total. The van der Waals surface area contributed by atoms with Crippen molar-refractivity contribution in [3.05, 3.63) is 24.3 Å². The Balaban J connectivity index is 2.40. The summed E-state index contributed by atoms with van der Waals surface area (Å²) in [5.74, 6) is 0.378. The molecule has 1 heteroatoms. The first-order chi connectivity index (χ1) is 6.29. The van der Waals surface area contributed by atoms with Crippen molar-refractivity contribution in [2.75, 3.05) is 0 Å². The van der Waals surface area contributed by atoms with E-state index in [0.717, 1.165) is 38.5 Å². The molecule has 0 unspecified atom stereocenters. The van der Waals surface area contributed by atoms with E-state index in [2.05, 4.69) is 12.7 Å². The van der Waals surface area contributed by atoms with Gasteiger partial charge in [-0.25, -0.2) is 0 Å². The van der Waals surface area contributed by atoms with E-state index in [1.807, 2.05) is 6.08 Å². The van der Waals surface area contributed by atoms with E-state index < -0.39 is 0 Å². The zero-order valence-corrected chi connectivity index (χ0v) is 8.22. The van der Waals surface area contributed by atoms with Crippen LogP contribution in [-0.4, -0.2) is 5.78 Å². The number of allylic oxidation sites excluding steroid dienone is 3. The second kappa shape index (κ2) is 5.74. The summed E-state index contributed by atoms with van der Waals surface area (Å²) >= 11 is 0. The van der Waals surface area contributed by atoms with Crippen LogP contribution in [0.5, 0.6) is 0 Å². The van der Waals surface area contributed by atoms with Gasteiger partial charge in [-0.05, 0) is 32.1 Å². The lowest BCUT2D eigenvalue weighted by Gasteiger charge is -2.01. The molecule has 0 aromatic rings. The van der Waals surface area contributed by atoms with Crippen molar-refractivity contribution in [2.24, 2.45) is 0 Å². The number of carbonyl (C=O) groups excluding carboxylic acids is 1. The second-order valence-corrected chi connectivity index (χ2v) is 3.71. The lowest BCUT2D eigenvalue weighted by atomic mass is 10.0. The van der Waals surface area contributed by atoms with E-state index in [4.69, 9.17) is 0 Å². The maximum atomic E-state index is 11.2. The topological polar surface area (TPSA) is 17.1 Å². The molecule has 1 nitrogen and oxygen atoms in total. The molecule has 72 valence electrons. The Morgan fingerprint density at radius 3 is 2.69 bits per heavy atom. The molecule has 0 aliphatic heterocycles. The molecule has 0 aromatic carbocycles. The first-order valence-corrected chi connectivity index (χ1v) is 5.12. The van der Waals surface area contributed by atoms with Crippen LogP contribution < -0.4 is 0 Å². The molecule has 0 amide bonds. The highest BCUT2D eigenvalue weighted by Gasteiger charge is 2.01. The third-order valence-electron chi connectivity index (χ3n) is 2.41. The minimum atomic E-state index is 0.378. The summed E-state index contributed by atoms with van der Waals surface area (Å²) < 4.78 is 0. The van der Waals surface area contributed by atoms with E-state index in [9.17, 15) is 4.79 Å². The average molecular weight is 178 g/mol. The summed E-state index contributed by atoms with van der Waals surface area (Å²) in [6, 6.07) is 0. The first-order valence-electron chi connectivity index (χ1n) is 5.12. The molecule has 1 rings (SSSR count). The lowest BCUT2D eigenvalue weighted by molar-refractivity contribution is -0.118. The maximum Gasteiger partial charge on any atom is 0.136 e. The molecule has 0 fully saturated rings. The SMILES string of the molecule is C=C1CC/C=C\CC(=O)CCCC1. The predicted molar refractivity (Wildman–Crippen MR) is 55.6 cm³/mol. The van der Waals surface area contributed by atoms with E-state index in [1.165, 1.54) is 5.57 Å². The van der Waals surface area contributed by atoms with Gasteiger partial charge in [0.2, 0.25) is 0 Å². The van der Waals surface area contributed by atoms with Crippen LogP contribution in [0.1, 0.15) is 44.9 Å². The normalized spacial score (nSPS) is 23.7. The quantitative estimate of drug-likeness (QED) is 0.519. The summed E-state index contributed by atoms with van der Waals surface area (Å²) in [5, 5.41) is 0. The van der Waals surface area contributed by atoms with Gasteiger partial charge >= 0.3 is 0 Å². The number of rotatable bonds is 0. The van der Waals surface area contributed by atoms with Crippen molar-refractivity contribution in [1.82, 2.24) is 0 Å². The summed E-state index contributed by atoms with van der Waals surface area (Å²) in [4.78, 5) is 11.2. The summed E-state index contributed by atoms with van der Waals surface area (Å²) in [5.41, 5.74) is 1.33. The third-order valence-corrected chi connectivity index (χ3v) is 2.41. The fourth-order valence-electron chi connectivity index (χ4n) is 1.54. The molecule has 0 bridgehead atoms. The second-order valence-electron chi connectivity index (χ2n) is 3.71. The number of hydrogen-bond donors (Lipinski definition) is 0. The number of ketones is 1. The Hall–Kier alpha value is -0.850. The molecule has 0 atom stereocenters. The van der Waals surface area contributed by atoms with E-state index >= 15 is 0 Å². The van der Waals surface area contributed by atoms with Crippen molar-refractivity contribution >= 4 is 5.78 Å². The Bertz CT molecular complexity index is 213. The third kappa shape index (κ3) is 4.66. The van der Waals surface area contributed by atoms with Crippen LogP contribution in [-0.2, 0) is 4.79 Å². The molecule has 1 aliphatic carbocycles. The highest BCUT2D eigenvalue weighted by Crippen LogP contribution is 2.14. The van der Waals surface area contributed by atoms with E-state index in [-0.39, 0.29) is 0 Å². The molecule has 13 heavy (non-hydrogen) atoms.